The molecule has 2 nitrogen and oxygen atoms in total. The lowest BCUT2D eigenvalue weighted by atomic mass is 10.0. The van der Waals surface area contributed by atoms with E-state index in [9.17, 15) is 8.78 Å². The highest BCUT2D eigenvalue weighted by Gasteiger charge is 2.14. The van der Waals surface area contributed by atoms with Crippen molar-refractivity contribution in [3.63, 3.8) is 0 Å². The maximum absolute atomic E-state index is 14.4. The van der Waals surface area contributed by atoms with Crippen molar-refractivity contribution in [2.24, 2.45) is 0 Å². The lowest BCUT2D eigenvalue weighted by molar-refractivity contribution is 0.0566. The van der Waals surface area contributed by atoms with Crippen LogP contribution in [0.1, 0.15) is 63.6 Å². The molecule has 0 saturated carbocycles. The van der Waals surface area contributed by atoms with Crippen molar-refractivity contribution in [2.45, 2.75) is 64.9 Å². The number of ether oxygens (including phenoxy) is 1. The summed E-state index contributed by atoms with van der Waals surface area (Å²) in [7, 11) is 0. The minimum absolute atomic E-state index is 0.219. The zero-order valence-electron chi connectivity index (χ0n) is 18.2. The van der Waals surface area contributed by atoms with Crippen molar-refractivity contribution < 1.29 is 13.5 Å². The van der Waals surface area contributed by atoms with Gasteiger partial charge in [0.05, 0.1) is 11.8 Å². The van der Waals surface area contributed by atoms with E-state index in [0.717, 1.165) is 38.0 Å². The monoisotopic (exact) mass is 413 g/mol. The molecule has 2 rings (SSSR count). The van der Waals surface area contributed by atoms with Gasteiger partial charge in [0.1, 0.15) is 0 Å². The quantitative estimate of drug-likeness (QED) is 0.250. The van der Waals surface area contributed by atoms with Crippen molar-refractivity contribution in [3.8, 4) is 11.1 Å². The first-order valence-corrected chi connectivity index (χ1v) is 10.9. The van der Waals surface area contributed by atoms with E-state index in [2.05, 4.69) is 31.5 Å². The first-order chi connectivity index (χ1) is 14.6. The molecule has 0 spiro atoms. The van der Waals surface area contributed by atoms with Crippen molar-refractivity contribution in [1.29, 1.82) is 0 Å². The summed E-state index contributed by atoms with van der Waals surface area (Å²) in [4.78, 5) is 4.36. The molecule has 1 atom stereocenters. The van der Waals surface area contributed by atoms with Crippen LogP contribution in [0.5, 0.6) is 0 Å². The summed E-state index contributed by atoms with van der Waals surface area (Å²) < 4.78 is 34.3. The molecule has 0 radical (unpaired) electrons. The van der Waals surface area contributed by atoms with Gasteiger partial charge in [-0.2, -0.15) is 0 Å². The highest BCUT2D eigenvalue weighted by Crippen LogP contribution is 2.26. The van der Waals surface area contributed by atoms with Gasteiger partial charge in [-0.05, 0) is 56.7 Å². The lowest BCUT2D eigenvalue weighted by Gasteiger charge is -2.11. The molecule has 0 fully saturated rings. The van der Waals surface area contributed by atoms with Gasteiger partial charge >= 0.3 is 0 Å². The SMILES string of the molecule is C=CCc1ccc(-c2ccc(C=CCCCC(C)OCCCCC)nc2)c(F)c1F. The molecule has 2 aromatic rings. The standard InChI is InChI=1S/C26H33F2NO/c1-4-6-10-18-30-20(3)12-8-7-9-13-23-16-14-22(19-29-23)24-17-15-21(11-5-2)25(27)26(24)28/h5,9,13-17,19-20H,2,4,6-8,10-12,18H2,1,3H3. The van der Waals surface area contributed by atoms with E-state index in [4.69, 9.17) is 4.74 Å². The van der Waals surface area contributed by atoms with Crippen molar-refractivity contribution in [3.05, 3.63) is 72.1 Å². The van der Waals surface area contributed by atoms with Crippen LogP contribution in [0.2, 0.25) is 0 Å². The van der Waals surface area contributed by atoms with Crippen molar-refractivity contribution >= 4 is 6.08 Å². The van der Waals surface area contributed by atoms with Gasteiger partial charge < -0.3 is 4.74 Å². The minimum atomic E-state index is -0.842. The van der Waals surface area contributed by atoms with Gasteiger partial charge in [-0.25, -0.2) is 8.78 Å². The van der Waals surface area contributed by atoms with Crippen LogP contribution in [0, 0.1) is 11.6 Å². The summed E-state index contributed by atoms with van der Waals surface area (Å²) in [6.07, 6.45) is 14.4. The number of pyridine rings is 1. The lowest BCUT2D eigenvalue weighted by Crippen LogP contribution is -2.08. The second-order valence-corrected chi connectivity index (χ2v) is 7.59. The summed E-state index contributed by atoms with van der Waals surface area (Å²) in [6, 6.07) is 6.78. The summed E-state index contributed by atoms with van der Waals surface area (Å²) in [5.74, 6) is -1.66. The highest BCUT2D eigenvalue weighted by atomic mass is 19.2. The first-order valence-electron chi connectivity index (χ1n) is 10.9. The van der Waals surface area contributed by atoms with Gasteiger partial charge in [0, 0.05) is 23.9 Å². The zero-order valence-corrected chi connectivity index (χ0v) is 18.2. The molecule has 30 heavy (non-hydrogen) atoms. The van der Waals surface area contributed by atoms with Gasteiger partial charge in [-0.3, -0.25) is 4.98 Å². The molecule has 0 aliphatic carbocycles. The van der Waals surface area contributed by atoms with E-state index >= 15 is 0 Å². The highest BCUT2D eigenvalue weighted by molar-refractivity contribution is 5.65. The Morgan fingerprint density at radius 1 is 1.10 bits per heavy atom. The summed E-state index contributed by atoms with van der Waals surface area (Å²) >= 11 is 0. The molecular formula is C26H33F2NO. The van der Waals surface area contributed by atoms with E-state index in [1.54, 1.807) is 30.5 Å². The molecule has 1 heterocycles. The molecule has 4 heteroatoms. The minimum Gasteiger partial charge on any atom is -0.379 e. The molecule has 1 unspecified atom stereocenters. The van der Waals surface area contributed by atoms with Gasteiger partial charge in [0.15, 0.2) is 11.6 Å². The van der Waals surface area contributed by atoms with Crippen LogP contribution >= 0.6 is 0 Å². The number of hydrogen-bond acceptors (Lipinski definition) is 2. The number of unbranched alkanes of at least 4 members (excludes halogenated alkanes) is 3. The van der Waals surface area contributed by atoms with Crippen LogP contribution in [0.4, 0.5) is 8.78 Å². The smallest absolute Gasteiger partial charge is 0.166 e. The maximum Gasteiger partial charge on any atom is 0.166 e. The predicted molar refractivity (Wildman–Crippen MR) is 121 cm³/mol. The topological polar surface area (TPSA) is 22.1 Å². The molecule has 1 aromatic carbocycles. The largest absolute Gasteiger partial charge is 0.379 e. The molecule has 162 valence electrons. The van der Waals surface area contributed by atoms with E-state index in [0.29, 0.717) is 23.7 Å². The first kappa shape index (κ1) is 23.9. The molecule has 0 aliphatic heterocycles. The average molecular weight is 414 g/mol. The summed E-state index contributed by atoms with van der Waals surface area (Å²) in [5.41, 5.74) is 1.88. The van der Waals surface area contributed by atoms with Crippen LogP contribution < -0.4 is 0 Å². The maximum atomic E-state index is 14.4. The third-order valence-electron chi connectivity index (χ3n) is 5.04. The summed E-state index contributed by atoms with van der Waals surface area (Å²) in [5, 5.41) is 0. The fourth-order valence-corrected chi connectivity index (χ4v) is 3.24. The molecule has 0 bridgehead atoms. The number of nitrogens with zero attached hydrogens (tertiary/aromatic N) is 1. The predicted octanol–water partition coefficient (Wildman–Crippen LogP) is 7.53. The number of halogens is 2. The fourth-order valence-electron chi connectivity index (χ4n) is 3.24. The van der Waals surface area contributed by atoms with Gasteiger partial charge in [0.2, 0.25) is 0 Å². The van der Waals surface area contributed by atoms with Crippen molar-refractivity contribution in [1.82, 2.24) is 4.98 Å². The number of aromatic nitrogens is 1. The summed E-state index contributed by atoms with van der Waals surface area (Å²) in [6.45, 7) is 8.74. The van der Waals surface area contributed by atoms with Gasteiger partial charge in [-0.1, -0.05) is 50.1 Å². The number of allylic oxidation sites excluding steroid dienone is 2. The Hall–Kier alpha value is -2.33. The molecule has 0 amide bonds. The Morgan fingerprint density at radius 2 is 1.93 bits per heavy atom. The Bertz CT molecular complexity index is 815. The Balaban J connectivity index is 1.83. The Morgan fingerprint density at radius 3 is 2.63 bits per heavy atom. The third kappa shape index (κ3) is 7.49. The van der Waals surface area contributed by atoms with Gasteiger partial charge in [0.25, 0.3) is 0 Å². The normalized spacial score (nSPS) is 12.4. The second kappa shape index (κ2) is 13.1. The molecule has 0 aliphatic rings. The number of rotatable bonds is 13. The van der Waals surface area contributed by atoms with Crippen molar-refractivity contribution in [2.75, 3.05) is 6.61 Å². The molecule has 0 N–H and O–H groups in total. The van der Waals surface area contributed by atoms with E-state index in [1.807, 2.05) is 12.1 Å². The van der Waals surface area contributed by atoms with Gasteiger partial charge in [-0.15, -0.1) is 6.58 Å². The second-order valence-electron chi connectivity index (χ2n) is 7.59. The fraction of sp³-hybridized carbons (Fsp3) is 0.423. The van der Waals surface area contributed by atoms with E-state index in [-0.39, 0.29) is 5.56 Å². The third-order valence-corrected chi connectivity index (χ3v) is 5.04. The molecule has 0 saturated heterocycles. The zero-order chi connectivity index (χ0) is 21.8. The van der Waals surface area contributed by atoms with Crippen LogP contribution in [0.3, 0.4) is 0 Å². The van der Waals surface area contributed by atoms with E-state index < -0.39 is 11.6 Å². The number of hydrogen-bond donors (Lipinski definition) is 0. The average Bonchev–Trinajstić information content (AvgIpc) is 2.75. The van der Waals surface area contributed by atoms with Crippen LogP contribution in [0.25, 0.3) is 17.2 Å². The van der Waals surface area contributed by atoms with E-state index in [1.165, 1.54) is 12.8 Å². The Kier molecular flexibility index (Phi) is 10.4. The van der Waals surface area contributed by atoms with Crippen LogP contribution in [0.15, 0.2) is 49.2 Å². The number of benzene rings is 1. The van der Waals surface area contributed by atoms with Crippen LogP contribution in [-0.4, -0.2) is 17.7 Å². The molecule has 1 aromatic heterocycles. The molecular weight excluding hydrogens is 380 g/mol. The Labute approximate surface area is 179 Å². The van der Waals surface area contributed by atoms with Crippen LogP contribution in [-0.2, 0) is 11.2 Å².